The predicted molar refractivity (Wildman–Crippen MR) is 135 cm³/mol. The maximum atomic E-state index is 12.6. The van der Waals surface area contributed by atoms with Gasteiger partial charge in [0.25, 0.3) is 11.8 Å². The van der Waals surface area contributed by atoms with Crippen LogP contribution in [0.5, 0.6) is 5.75 Å². The van der Waals surface area contributed by atoms with Gasteiger partial charge in [-0.2, -0.15) is 5.10 Å². The second-order valence-electron chi connectivity index (χ2n) is 6.99. The average Bonchev–Trinajstić information content (AvgIpc) is 2.81. The quantitative estimate of drug-likeness (QED) is 0.180. The van der Waals surface area contributed by atoms with Crippen molar-refractivity contribution in [2.24, 2.45) is 5.10 Å². The van der Waals surface area contributed by atoms with Crippen LogP contribution in [0, 0.1) is 6.92 Å². The van der Waals surface area contributed by atoms with Crippen LogP contribution < -0.4 is 15.5 Å². The number of aryl methyl sites for hydroxylation is 1. The normalized spacial score (nSPS) is 10.7. The van der Waals surface area contributed by atoms with Gasteiger partial charge in [-0.3, -0.25) is 9.59 Å². The van der Waals surface area contributed by atoms with Gasteiger partial charge in [-0.1, -0.05) is 57.3 Å². The number of hydrazone groups is 1. The van der Waals surface area contributed by atoms with Crippen LogP contribution in [-0.4, -0.2) is 30.5 Å². The Hall–Kier alpha value is -3.20. The molecule has 0 bridgehead atoms. The maximum absolute atomic E-state index is 12.6. The molecule has 0 atom stereocenters. The van der Waals surface area contributed by atoms with Crippen LogP contribution in [0.15, 0.2) is 70.2 Å². The zero-order chi connectivity index (χ0) is 24.7. The molecule has 3 aromatic rings. The molecule has 3 aromatic carbocycles. The molecule has 34 heavy (non-hydrogen) atoms. The Kier molecular flexibility index (Phi) is 8.81. The van der Waals surface area contributed by atoms with Gasteiger partial charge in [0.1, 0.15) is 5.75 Å². The molecule has 0 saturated carbocycles. The van der Waals surface area contributed by atoms with Crippen LogP contribution in [-0.2, 0) is 4.79 Å². The van der Waals surface area contributed by atoms with E-state index in [2.05, 4.69) is 31.8 Å². The number of rotatable bonds is 7. The van der Waals surface area contributed by atoms with Crippen molar-refractivity contribution in [3.05, 3.63) is 97.4 Å². The lowest BCUT2D eigenvalue weighted by Crippen LogP contribution is -2.34. The van der Waals surface area contributed by atoms with Gasteiger partial charge in [0.2, 0.25) is 0 Å². The molecule has 2 amide bonds. The summed E-state index contributed by atoms with van der Waals surface area (Å²) in [5.41, 5.74) is 4.26. The Morgan fingerprint density at radius 3 is 2.53 bits per heavy atom. The molecule has 10 heteroatoms. The van der Waals surface area contributed by atoms with Gasteiger partial charge in [-0.25, -0.2) is 10.2 Å². The summed E-state index contributed by atoms with van der Waals surface area (Å²) < 4.78 is 6.26. The number of carbonyl (C=O) groups excluding carboxylic acids is 3. The minimum Gasteiger partial charge on any atom is -0.422 e. The Labute approximate surface area is 214 Å². The molecule has 2 N–H and O–H groups in total. The van der Waals surface area contributed by atoms with E-state index in [-0.39, 0.29) is 22.9 Å². The van der Waals surface area contributed by atoms with Gasteiger partial charge < -0.3 is 10.1 Å². The standard InChI is InChI=1S/C24H18BrCl2N3O4/c1-14-4-2-3-5-18(14)24(33)34-21-9-7-17(25)10-16(21)12-29-30-22(31)13-28-23(32)15-6-8-19(26)20(27)11-15/h2-12H,13H2,1H3,(H,28,32)(H,30,31)/b29-12+. The highest BCUT2D eigenvalue weighted by Crippen LogP contribution is 2.24. The van der Waals surface area contributed by atoms with Gasteiger partial charge in [-0.15, -0.1) is 0 Å². The Balaban J connectivity index is 1.60. The second kappa shape index (κ2) is 11.8. The van der Waals surface area contributed by atoms with E-state index in [1.807, 2.05) is 19.1 Å². The van der Waals surface area contributed by atoms with Gasteiger partial charge in [0.05, 0.1) is 28.4 Å². The number of hydrogen-bond donors (Lipinski definition) is 2. The lowest BCUT2D eigenvalue weighted by molar-refractivity contribution is -0.120. The molecule has 0 aliphatic carbocycles. The molecule has 3 rings (SSSR count). The number of nitrogens with one attached hydrogen (secondary N) is 2. The molecular weight excluding hydrogens is 545 g/mol. The first-order valence-corrected chi connectivity index (χ1v) is 11.4. The van der Waals surface area contributed by atoms with Crippen molar-refractivity contribution in [1.82, 2.24) is 10.7 Å². The Bertz CT molecular complexity index is 1280. The Morgan fingerprint density at radius 2 is 1.79 bits per heavy atom. The summed E-state index contributed by atoms with van der Waals surface area (Å²) >= 11 is 15.1. The number of amides is 2. The van der Waals surface area contributed by atoms with E-state index in [0.29, 0.717) is 16.1 Å². The third-order valence-corrected chi connectivity index (χ3v) is 5.76. The summed E-state index contributed by atoms with van der Waals surface area (Å²) in [7, 11) is 0. The average molecular weight is 563 g/mol. The van der Waals surface area contributed by atoms with Gasteiger partial charge in [-0.05, 0) is 55.0 Å². The summed E-state index contributed by atoms with van der Waals surface area (Å²) in [6.07, 6.45) is 1.34. The first-order chi connectivity index (χ1) is 16.2. The molecule has 0 aromatic heterocycles. The topological polar surface area (TPSA) is 96.9 Å². The largest absolute Gasteiger partial charge is 0.422 e. The van der Waals surface area contributed by atoms with Crippen molar-refractivity contribution in [2.45, 2.75) is 6.92 Å². The predicted octanol–water partition coefficient (Wildman–Crippen LogP) is 5.16. The summed E-state index contributed by atoms with van der Waals surface area (Å²) in [6.45, 7) is 1.50. The minimum absolute atomic E-state index is 0.233. The number of benzene rings is 3. The van der Waals surface area contributed by atoms with E-state index in [1.54, 1.807) is 30.3 Å². The van der Waals surface area contributed by atoms with Gasteiger partial charge in [0, 0.05) is 15.6 Å². The monoisotopic (exact) mass is 561 g/mol. The molecule has 0 unspecified atom stereocenters. The van der Waals surface area contributed by atoms with E-state index >= 15 is 0 Å². The molecule has 0 heterocycles. The molecular formula is C24H18BrCl2N3O4. The second-order valence-corrected chi connectivity index (χ2v) is 8.72. The third kappa shape index (κ3) is 6.90. The number of hydrogen-bond acceptors (Lipinski definition) is 5. The van der Waals surface area contributed by atoms with Crippen LogP contribution in [0.25, 0.3) is 0 Å². The maximum Gasteiger partial charge on any atom is 0.343 e. The number of ether oxygens (including phenoxy) is 1. The smallest absolute Gasteiger partial charge is 0.343 e. The molecule has 0 spiro atoms. The van der Waals surface area contributed by atoms with E-state index in [9.17, 15) is 14.4 Å². The third-order valence-electron chi connectivity index (χ3n) is 4.52. The van der Waals surface area contributed by atoms with Crippen LogP contribution in [0.4, 0.5) is 0 Å². The highest BCUT2D eigenvalue weighted by Gasteiger charge is 2.14. The first kappa shape index (κ1) is 25.4. The summed E-state index contributed by atoms with van der Waals surface area (Å²) in [6, 6.07) is 16.5. The minimum atomic E-state index is -0.557. The van der Waals surface area contributed by atoms with Crippen LogP contribution in [0.1, 0.15) is 31.8 Å². The fourth-order valence-electron chi connectivity index (χ4n) is 2.78. The SMILES string of the molecule is Cc1ccccc1C(=O)Oc1ccc(Br)cc1/C=N/NC(=O)CNC(=O)c1ccc(Cl)c(Cl)c1. The van der Waals surface area contributed by atoms with E-state index in [4.69, 9.17) is 27.9 Å². The van der Waals surface area contributed by atoms with Crippen molar-refractivity contribution >= 4 is 63.1 Å². The molecule has 7 nitrogen and oxygen atoms in total. The number of nitrogens with zero attached hydrogens (tertiary/aromatic N) is 1. The molecule has 174 valence electrons. The fraction of sp³-hybridized carbons (Fsp3) is 0.0833. The number of carbonyl (C=O) groups is 3. The molecule has 0 aliphatic rings. The van der Waals surface area contributed by atoms with E-state index in [0.717, 1.165) is 10.0 Å². The first-order valence-electron chi connectivity index (χ1n) is 9.87. The zero-order valence-electron chi connectivity index (χ0n) is 17.8. The van der Waals surface area contributed by atoms with Crippen molar-refractivity contribution in [1.29, 1.82) is 0 Å². The molecule has 0 aliphatic heterocycles. The number of halogens is 3. The van der Waals surface area contributed by atoms with Gasteiger partial charge >= 0.3 is 5.97 Å². The number of esters is 1. The lowest BCUT2D eigenvalue weighted by atomic mass is 10.1. The molecule has 0 saturated heterocycles. The Morgan fingerprint density at radius 1 is 1.03 bits per heavy atom. The van der Waals surface area contributed by atoms with Crippen molar-refractivity contribution in [2.75, 3.05) is 6.54 Å². The van der Waals surface area contributed by atoms with E-state index < -0.39 is 17.8 Å². The van der Waals surface area contributed by atoms with E-state index in [1.165, 1.54) is 24.4 Å². The van der Waals surface area contributed by atoms with Crippen molar-refractivity contribution < 1.29 is 19.1 Å². The lowest BCUT2D eigenvalue weighted by Gasteiger charge is -2.09. The molecule has 0 fully saturated rings. The van der Waals surface area contributed by atoms with Crippen molar-refractivity contribution in [3.63, 3.8) is 0 Å². The summed E-state index contributed by atoms with van der Waals surface area (Å²) in [5.74, 6) is -1.29. The molecule has 0 radical (unpaired) electrons. The highest BCUT2D eigenvalue weighted by atomic mass is 79.9. The zero-order valence-corrected chi connectivity index (χ0v) is 20.9. The summed E-state index contributed by atoms with van der Waals surface area (Å²) in [4.78, 5) is 36.8. The van der Waals surface area contributed by atoms with Crippen molar-refractivity contribution in [3.8, 4) is 5.75 Å². The fourth-order valence-corrected chi connectivity index (χ4v) is 3.46. The van der Waals surface area contributed by atoms with Crippen LogP contribution in [0.2, 0.25) is 10.0 Å². The van der Waals surface area contributed by atoms with Gasteiger partial charge in [0.15, 0.2) is 0 Å². The van der Waals surface area contributed by atoms with Crippen LogP contribution >= 0.6 is 39.1 Å². The highest BCUT2D eigenvalue weighted by molar-refractivity contribution is 9.10. The summed E-state index contributed by atoms with van der Waals surface area (Å²) in [5, 5.41) is 6.91. The van der Waals surface area contributed by atoms with Crippen LogP contribution in [0.3, 0.4) is 0 Å².